The lowest BCUT2D eigenvalue weighted by Crippen LogP contribution is -2.22. The van der Waals surface area contributed by atoms with Gasteiger partial charge in [0, 0.05) is 18.0 Å². The molecule has 0 fully saturated rings. The molecule has 1 N–H and O–H groups in total. The van der Waals surface area contributed by atoms with Crippen LogP contribution in [0, 0.1) is 6.92 Å². The maximum Gasteiger partial charge on any atom is 0.240 e. The SMILES string of the molecule is CCOc1ccc(N=CC(C(=O)Nc2ccccc2)c2cc(C)no2)cc1. The molecule has 0 aliphatic carbocycles. The van der Waals surface area contributed by atoms with E-state index in [-0.39, 0.29) is 5.91 Å². The molecule has 1 amide bonds. The molecule has 0 saturated carbocycles. The van der Waals surface area contributed by atoms with Crippen LogP contribution >= 0.6 is 0 Å². The second-order valence-corrected chi connectivity index (χ2v) is 5.91. The molecule has 3 aromatic rings. The van der Waals surface area contributed by atoms with Crippen molar-refractivity contribution in [2.75, 3.05) is 11.9 Å². The van der Waals surface area contributed by atoms with Crippen molar-refractivity contribution in [2.45, 2.75) is 19.8 Å². The highest BCUT2D eigenvalue weighted by Crippen LogP contribution is 2.22. The third-order valence-electron chi connectivity index (χ3n) is 3.80. The second kappa shape index (κ2) is 8.80. The Hall–Kier alpha value is -3.41. The average molecular weight is 363 g/mol. The predicted molar refractivity (Wildman–Crippen MR) is 105 cm³/mol. The van der Waals surface area contributed by atoms with Crippen molar-refractivity contribution in [1.82, 2.24) is 5.16 Å². The summed E-state index contributed by atoms with van der Waals surface area (Å²) < 4.78 is 10.7. The minimum atomic E-state index is -0.696. The molecule has 0 radical (unpaired) electrons. The number of amides is 1. The Morgan fingerprint density at radius 3 is 2.59 bits per heavy atom. The molecule has 1 unspecified atom stereocenters. The predicted octanol–water partition coefficient (Wildman–Crippen LogP) is 4.51. The highest BCUT2D eigenvalue weighted by Gasteiger charge is 2.23. The summed E-state index contributed by atoms with van der Waals surface area (Å²) in [7, 11) is 0. The molecular weight excluding hydrogens is 342 g/mol. The molecule has 6 nitrogen and oxygen atoms in total. The van der Waals surface area contributed by atoms with E-state index >= 15 is 0 Å². The zero-order chi connectivity index (χ0) is 19.1. The van der Waals surface area contributed by atoms with Gasteiger partial charge in [-0.1, -0.05) is 23.4 Å². The van der Waals surface area contributed by atoms with E-state index in [0.717, 1.165) is 5.75 Å². The minimum absolute atomic E-state index is 0.243. The number of para-hydroxylation sites is 1. The molecule has 0 spiro atoms. The number of carbonyl (C=O) groups excluding carboxylic acids is 1. The molecule has 1 atom stereocenters. The van der Waals surface area contributed by atoms with Crippen molar-refractivity contribution in [3.63, 3.8) is 0 Å². The van der Waals surface area contributed by atoms with Gasteiger partial charge in [0.2, 0.25) is 5.91 Å². The van der Waals surface area contributed by atoms with Gasteiger partial charge < -0.3 is 14.6 Å². The minimum Gasteiger partial charge on any atom is -0.494 e. The molecule has 1 aromatic heterocycles. The van der Waals surface area contributed by atoms with E-state index in [4.69, 9.17) is 9.26 Å². The summed E-state index contributed by atoms with van der Waals surface area (Å²) in [5, 5.41) is 6.75. The zero-order valence-corrected chi connectivity index (χ0v) is 15.3. The zero-order valence-electron chi connectivity index (χ0n) is 15.3. The fourth-order valence-electron chi connectivity index (χ4n) is 2.50. The Bertz CT molecular complexity index is 902. The maximum atomic E-state index is 12.8. The number of ether oxygens (including phenoxy) is 1. The highest BCUT2D eigenvalue weighted by molar-refractivity contribution is 6.06. The normalized spacial score (nSPS) is 12.1. The molecule has 138 valence electrons. The number of aliphatic imine (C=N–C) groups is 1. The summed E-state index contributed by atoms with van der Waals surface area (Å²) in [5.41, 5.74) is 2.13. The van der Waals surface area contributed by atoms with Crippen LogP contribution in [0.3, 0.4) is 0 Å². The number of carbonyl (C=O) groups is 1. The molecule has 3 rings (SSSR count). The molecule has 0 aliphatic heterocycles. The van der Waals surface area contributed by atoms with Gasteiger partial charge in [-0.3, -0.25) is 9.79 Å². The topological polar surface area (TPSA) is 76.7 Å². The van der Waals surface area contributed by atoms with Crippen LogP contribution in [0.2, 0.25) is 0 Å². The fraction of sp³-hybridized carbons (Fsp3) is 0.190. The van der Waals surface area contributed by atoms with Crippen LogP contribution < -0.4 is 10.1 Å². The van der Waals surface area contributed by atoms with E-state index in [1.807, 2.05) is 68.4 Å². The summed E-state index contributed by atoms with van der Waals surface area (Å²) in [6.07, 6.45) is 1.56. The van der Waals surface area contributed by atoms with Gasteiger partial charge in [0.25, 0.3) is 0 Å². The van der Waals surface area contributed by atoms with Crippen LogP contribution in [-0.4, -0.2) is 23.9 Å². The van der Waals surface area contributed by atoms with Gasteiger partial charge in [-0.15, -0.1) is 0 Å². The van der Waals surface area contributed by atoms with Gasteiger partial charge >= 0.3 is 0 Å². The molecule has 0 aliphatic rings. The molecule has 2 aromatic carbocycles. The summed E-state index contributed by atoms with van der Waals surface area (Å²) in [5.74, 6) is 0.279. The van der Waals surface area contributed by atoms with Crippen LogP contribution in [0.1, 0.15) is 24.3 Å². The Morgan fingerprint density at radius 2 is 1.96 bits per heavy atom. The number of rotatable bonds is 7. The van der Waals surface area contributed by atoms with Gasteiger partial charge in [0.1, 0.15) is 11.7 Å². The first-order chi connectivity index (χ1) is 13.2. The third-order valence-corrected chi connectivity index (χ3v) is 3.80. The van der Waals surface area contributed by atoms with Crippen molar-refractivity contribution >= 4 is 23.5 Å². The smallest absolute Gasteiger partial charge is 0.240 e. The van der Waals surface area contributed by atoms with Crippen molar-refractivity contribution in [3.05, 3.63) is 72.1 Å². The lowest BCUT2D eigenvalue weighted by atomic mass is 10.1. The Labute approximate surface area is 157 Å². The lowest BCUT2D eigenvalue weighted by Gasteiger charge is -2.10. The summed E-state index contributed by atoms with van der Waals surface area (Å²) in [6, 6.07) is 18.3. The number of benzene rings is 2. The van der Waals surface area contributed by atoms with Gasteiger partial charge in [0.05, 0.1) is 18.0 Å². The molecule has 1 heterocycles. The quantitative estimate of drug-likeness (QED) is 0.627. The molecule has 6 heteroatoms. The first-order valence-electron chi connectivity index (χ1n) is 8.72. The highest BCUT2D eigenvalue weighted by atomic mass is 16.5. The van der Waals surface area contributed by atoms with Gasteiger partial charge in [-0.05, 0) is 50.2 Å². The van der Waals surface area contributed by atoms with E-state index in [2.05, 4.69) is 15.5 Å². The molecule has 27 heavy (non-hydrogen) atoms. The number of nitrogens with zero attached hydrogens (tertiary/aromatic N) is 2. The van der Waals surface area contributed by atoms with Gasteiger partial charge in [0.15, 0.2) is 5.76 Å². The van der Waals surface area contributed by atoms with Crippen molar-refractivity contribution < 1.29 is 14.1 Å². The number of anilines is 1. The Morgan fingerprint density at radius 1 is 1.22 bits per heavy atom. The van der Waals surface area contributed by atoms with Gasteiger partial charge in [-0.25, -0.2) is 0 Å². The second-order valence-electron chi connectivity index (χ2n) is 5.91. The first-order valence-corrected chi connectivity index (χ1v) is 8.72. The summed E-state index contributed by atoms with van der Waals surface area (Å²) >= 11 is 0. The van der Waals surface area contributed by atoms with E-state index in [0.29, 0.717) is 29.4 Å². The van der Waals surface area contributed by atoms with Crippen LogP contribution in [0.5, 0.6) is 5.75 Å². The number of aryl methyl sites for hydroxylation is 1. The van der Waals surface area contributed by atoms with Crippen LogP contribution in [0.4, 0.5) is 11.4 Å². The van der Waals surface area contributed by atoms with Crippen molar-refractivity contribution in [3.8, 4) is 5.75 Å². The van der Waals surface area contributed by atoms with E-state index in [1.54, 1.807) is 12.3 Å². The lowest BCUT2D eigenvalue weighted by molar-refractivity contribution is -0.116. The van der Waals surface area contributed by atoms with Crippen LogP contribution in [-0.2, 0) is 4.79 Å². The Kier molecular flexibility index (Phi) is 5.99. The monoisotopic (exact) mass is 363 g/mol. The van der Waals surface area contributed by atoms with Crippen molar-refractivity contribution in [2.24, 2.45) is 4.99 Å². The Balaban J connectivity index is 1.80. The largest absolute Gasteiger partial charge is 0.494 e. The third kappa shape index (κ3) is 5.04. The number of hydrogen-bond donors (Lipinski definition) is 1. The van der Waals surface area contributed by atoms with E-state index < -0.39 is 5.92 Å². The summed E-state index contributed by atoms with van der Waals surface area (Å²) in [6.45, 7) is 4.35. The van der Waals surface area contributed by atoms with E-state index in [1.165, 1.54) is 0 Å². The average Bonchev–Trinajstić information content (AvgIpc) is 3.10. The van der Waals surface area contributed by atoms with E-state index in [9.17, 15) is 4.79 Å². The van der Waals surface area contributed by atoms with Crippen LogP contribution in [0.15, 0.2) is 70.2 Å². The molecular formula is C21H21N3O3. The van der Waals surface area contributed by atoms with Gasteiger partial charge in [-0.2, -0.15) is 0 Å². The number of aromatic nitrogens is 1. The standard InChI is InChI=1S/C21H21N3O3/c1-3-26-18-11-9-16(10-12-18)22-14-19(20-13-15(2)24-27-20)21(25)23-17-7-5-4-6-8-17/h4-14,19H,3H2,1-2H3,(H,23,25). The maximum absolute atomic E-state index is 12.8. The summed E-state index contributed by atoms with van der Waals surface area (Å²) in [4.78, 5) is 17.2. The fourth-order valence-corrected chi connectivity index (χ4v) is 2.50. The van der Waals surface area contributed by atoms with Crippen LogP contribution in [0.25, 0.3) is 0 Å². The molecule has 0 saturated heterocycles. The number of hydrogen-bond acceptors (Lipinski definition) is 5. The number of nitrogens with one attached hydrogen (secondary N) is 1. The van der Waals surface area contributed by atoms with Crippen molar-refractivity contribution in [1.29, 1.82) is 0 Å². The first kappa shape index (κ1) is 18.4. The molecule has 0 bridgehead atoms.